The molecule has 1 aromatic rings. The summed E-state index contributed by atoms with van der Waals surface area (Å²) in [6.45, 7) is 6.67. The fraction of sp³-hybridized carbons (Fsp3) is 0.643. The first-order valence-electron chi connectivity index (χ1n) is 13.2. The van der Waals surface area contributed by atoms with Crippen LogP contribution in [-0.2, 0) is 18.7 Å². The van der Waals surface area contributed by atoms with Crippen molar-refractivity contribution in [1.82, 2.24) is 0 Å². The van der Waals surface area contributed by atoms with Crippen molar-refractivity contribution in [1.29, 1.82) is 0 Å². The number of hydrogen-bond donors (Lipinski definition) is 0. The summed E-state index contributed by atoms with van der Waals surface area (Å²) in [6.07, 6.45) is 11.4. The second kappa shape index (κ2) is 11.7. The quantitative estimate of drug-likeness (QED) is 0.239. The van der Waals surface area contributed by atoms with Crippen molar-refractivity contribution in [2.45, 2.75) is 95.7 Å². The van der Waals surface area contributed by atoms with E-state index in [9.17, 15) is 9.59 Å². The molecular weight excluding hydrogens is 524 g/mol. The van der Waals surface area contributed by atoms with Crippen LogP contribution in [0.1, 0.15) is 68.1 Å². The topological polar surface area (TPSA) is 61.8 Å². The number of benzene rings is 1. The zero-order valence-corrected chi connectivity index (χ0v) is 23.8. The summed E-state index contributed by atoms with van der Waals surface area (Å²) in [4.78, 5) is 24.9. The van der Waals surface area contributed by atoms with E-state index in [-0.39, 0.29) is 42.1 Å². The fourth-order valence-corrected chi connectivity index (χ4v) is 7.77. The minimum atomic E-state index is -1.79. The van der Waals surface area contributed by atoms with Crippen LogP contribution in [0.25, 0.3) is 0 Å². The van der Waals surface area contributed by atoms with E-state index in [1.54, 1.807) is 12.1 Å². The number of esters is 2. The van der Waals surface area contributed by atoms with Crippen molar-refractivity contribution in [2.24, 2.45) is 17.8 Å². The van der Waals surface area contributed by atoms with Crippen LogP contribution in [-0.4, -0.2) is 38.6 Å². The molecule has 0 amide bonds. The van der Waals surface area contributed by atoms with Crippen LogP contribution < -0.4 is 0 Å². The van der Waals surface area contributed by atoms with Gasteiger partial charge in [-0.1, -0.05) is 72.3 Å². The lowest BCUT2D eigenvalue weighted by molar-refractivity contribution is -0.141. The van der Waals surface area contributed by atoms with Gasteiger partial charge in [0.05, 0.1) is 18.1 Å². The Kier molecular flexibility index (Phi) is 8.93. The van der Waals surface area contributed by atoms with E-state index in [4.69, 9.17) is 13.9 Å². The van der Waals surface area contributed by atoms with E-state index >= 15 is 0 Å². The summed E-state index contributed by atoms with van der Waals surface area (Å²) in [5, 5.41) is 0. The molecule has 2 saturated carbocycles. The molecule has 0 radical (unpaired) electrons. The number of ether oxygens (including phenoxy) is 2. The maximum Gasteiger partial charge on any atom is 0.338 e. The molecule has 5 nitrogen and oxygen atoms in total. The maximum absolute atomic E-state index is 12.8. The van der Waals surface area contributed by atoms with Crippen molar-refractivity contribution in [3.05, 3.63) is 46.5 Å². The molecule has 1 aromatic carbocycles. The van der Waals surface area contributed by atoms with Gasteiger partial charge in [0, 0.05) is 22.7 Å². The molecule has 1 saturated heterocycles. The number of rotatable bonds is 9. The summed E-state index contributed by atoms with van der Waals surface area (Å²) >= 11 is 3.87. The number of hydrogen-bond acceptors (Lipinski definition) is 5. The minimum Gasteiger partial charge on any atom is -0.462 e. The van der Waals surface area contributed by atoms with Crippen molar-refractivity contribution in [2.75, 3.05) is 0 Å². The van der Waals surface area contributed by atoms with Crippen molar-refractivity contribution >= 4 is 36.2 Å². The van der Waals surface area contributed by atoms with Crippen LogP contribution in [0, 0.1) is 17.8 Å². The molecule has 0 N–H and O–H groups in total. The van der Waals surface area contributed by atoms with Gasteiger partial charge in [-0.3, -0.25) is 4.79 Å². The Morgan fingerprint density at radius 2 is 1.89 bits per heavy atom. The van der Waals surface area contributed by atoms with Gasteiger partial charge in [-0.15, -0.1) is 0 Å². The molecule has 1 aliphatic heterocycles. The van der Waals surface area contributed by atoms with Gasteiger partial charge in [0.1, 0.15) is 12.2 Å². The summed E-state index contributed by atoms with van der Waals surface area (Å²) in [6, 6.07) is 9.08. The molecule has 0 aromatic heterocycles. The Hall–Kier alpha value is -1.44. The van der Waals surface area contributed by atoms with Gasteiger partial charge >= 0.3 is 11.9 Å². The molecule has 0 spiro atoms. The third-order valence-electron chi connectivity index (χ3n) is 7.54. The molecule has 1 heterocycles. The van der Waals surface area contributed by atoms with Crippen LogP contribution in [0.15, 0.2) is 40.9 Å². The van der Waals surface area contributed by atoms with Gasteiger partial charge in [0.15, 0.2) is 8.32 Å². The van der Waals surface area contributed by atoms with Gasteiger partial charge < -0.3 is 13.9 Å². The zero-order chi connectivity index (χ0) is 25.0. The van der Waals surface area contributed by atoms with Crippen LogP contribution in [0.4, 0.5) is 0 Å². The highest BCUT2D eigenvalue weighted by atomic mass is 79.9. The molecule has 5 atom stereocenters. The predicted octanol–water partition coefficient (Wildman–Crippen LogP) is 7.02. The van der Waals surface area contributed by atoms with E-state index in [1.165, 1.54) is 38.5 Å². The monoisotopic (exact) mass is 562 g/mol. The van der Waals surface area contributed by atoms with Crippen molar-refractivity contribution in [3.8, 4) is 0 Å². The van der Waals surface area contributed by atoms with E-state index in [2.05, 4.69) is 41.6 Å². The highest BCUT2D eigenvalue weighted by Gasteiger charge is 2.51. The summed E-state index contributed by atoms with van der Waals surface area (Å²) in [5.74, 6) is 0.233. The Balaban J connectivity index is 1.51. The van der Waals surface area contributed by atoms with E-state index in [1.807, 2.05) is 18.2 Å². The number of fused-ring (bicyclic) bond motifs is 1. The second-order valence-electron chi connectivity index (χ2n) is 11.4. The van der Waals surface area contributed by atoms with E-state index < -0.39 is 8.32 Å². The molecule has 0 bridgehead atoms. The fourth-order valence-electron chi connectivity index (χ4n) is 5.87. The standard InChI is InChI=1S/C28H39BrO5Si/c1-35(2,3)34-24(15-14-19-10-6-4-7-11-19)23(29)16-21-22-17-27(30)32-25(22)18-26(21)33-28(31)20-12-8-5-9-13-20/h5,8-9,12-13,16,19,21-22,24-26H,4,6-7,10-11,14-15,17-18H2,1-3H3/b23-16-/t21-,22-,24+,25+,26-/m1/s1. The van der Waals surface area contributed by atoms with Gasteiger partial charge in [-0.05, 0) is 50.5 Å². The summed E-state index contributed by atoms with van der Waals surface area (Å²) < 4.78 is 19.2. The molecule has 35 heavy (non-hydrogen) atoms. The van der Waals surface area contributed by atoms with Crippen LogP contribution >= 0.6 is 15.9 Å². The third kappa shape index (κ3) is 7.29. The average molecular weight is 564 g/mol. The first-order valence-corrected chi connectivity index (χ1v) is 17.4. The van der Waals surface area contributed by atoms with Gasteiger partial charge in [0.25, 0.3) is 0 Å². The van der Waals surface area contributed by atoms with Crippen LogP contribution in [0.5, 0.6) is 0 Å². The Labute approximate surface area is 219 Å². The third-order valence-corrected chi connectivity index (χ3v) is 9.30. The Bertz CT molecular complexity index is 906. The van der Waals surface area contributed by atoms with Gasteiger partial charge in [-0.25, -0.2) is 4.79 Å². The van der Waals surface area contributed by atoms with E-state index in [0.29, 0.717) is 18.4 Å². The summed E-state index contributed by atoms with van der Waals surface area (Å²) in [7, 11) is -1.79. The molecular formula is C28H39BrO5Si. The number of halogens is 1. The lowest BCUT2D eigenvalue weighted by atomic mass is 9.85. The van der Waals surface area contributed by atoms with Gasteiger partial charge in [0.2, 0.25) is 0 Å². The van der Waals surface area contributed by atoms with Crippen LogP contribution in [0.2, 0.25) is 19.6 Å². The SMILES string of the molecule is C[Si](C)(C)O[C@@H](CCC1CCCCC1)/C(Br)=C/[C@@H]1[C@H]2CC(=O)O[C@H]2C[C@H]1OC(=O)c1ccccc1. The lowest BCUT2D eigenvalue weighted by Crippen LogP contribution is -2.33. The smallest absolute Gasteiger partial charge is 0.338 e. The number of carbonyl (C=O) groups excluding carboxylic acids is 2. The maximum atomic E-state index is 12.8. The molecule has 7 heteroatoms. The first kappa shape index (κ1) is 26.6. The van der Waals surface area contributed by atoms with Crippen molar-refractivity contribution in [3.63, 3.8) is 0 Å². The predicted molar refractivity (Wildman–Crippen MR) is 143 cm³/mol. The zero-order valence-electron chi connectivity index (χ0n) is 21.2. The molecule has 4 rings (SSSR count). The van der Waals surface area contributed by atoms with Crippen molar-refractivity contribution < 1.29 is 23.5 Å². The molecule has 192 valence electrons. The second-order valence-corrected chi connectivity index (χ2v) is 16.7. The largest absolute Gasteiger partial charge is 0.462 e. The molecule has 0 unspecified atom stereocenters. The molecule has 3 fully saturated rings. The lowest BCUT2D eigenvalue weighted by Gasteiger charge is -2.30. The normalized spacial score (nSPS) is 28.5. The van der Waals surface area contributed by atoms with Gasteiger partial charge in [-0.2, -0.15) is 0 Å². The number of carbonyl (C=O) groups is 2. The molecule has 3 aliphatic rings. The molecule has 2 aliphatic carbocycles. The first-order chi connectivity index (χ1) is 16.7. The highest BCUT2D eigenvalue weighted by Crippen LogP contribution is 2.45. The van der Waals surface area contributed by atoms with Crippen LogP contribution in [0.3, 0.4) is 0 Å². The Morgan fingerprint density at radius 3 is 2.57 bits per heavy atom. The minimum absolute atomic E-state index is 0.00820. The Morgan fingerprint density at radius 1 is 1.17 bits per heavy atom. The highest BCUT2D eigenvalue weighted by molar-refractivity contribution is 9.11. The average Bonchev–Trinajstić information content (AvgIpc) is 3.33. The summed E-state index contributed by atoms with van der Waals surface area (Å²) in [5.41, 5.74) is 0.538. The van der Waals surface area contributed by atoms with E-state index in [0.717, 1.165) is 16.8 Å².